The maximum Gasteiger partial charge on any atom is 0.269 e. The SMILES string of the molecule is O=C(Cc1c[nH]c2ccccc12)NNC(=O)c1cccc(NC(=O)c2cccnc2)c1. The summed E-state index contributed by atoms with van der Waals surface area (Å²) in [6, 6.07) is 17.4. The molecule has 8 heteroatoms. The van der Waals surface area contributed by atoms with Gasteiger partial charge < -0.3 is 10.3 Å². The van der Waals surface area contributed by atoms with E-state index >= 15 is 0 Å². The van der Waals surface area contributed by atoms with Crippen LogP contribution in [0.15, 0.2) is 79.3 Å². The molecule has 2 aromatic carbocycles. The second kappa shape index (κ2) is 8.91. The molecule has 0 spiro atoms. The Kier molecular flexibility index (Phi) is 5.70. The van der Waals surface area contributed by atoms with Crippen molar-refractivity contribution in [3.8, 4) is 0 Å². The molecule has 154 valence electrons. The van der Waals surface area contributed by atoms with Gasteiger partial charge in [-0.15, -0.1) is 0 Å². The Hall–Kier alpha value is -4.46. The topological polar surface area (TPSA) is 116 Å². The van der Waals surface area contributed by atoms with Gasteiger partial charge in [0.25, 0.3) is 11.8 Å². The van der Waals surface area contributed by atoms with Crippen LogP contribution in [0.2, 0.25) is 0 Å². The molecule has 2 heterocycles. The van der Waals surface area contributed by atoms with Crippen LogP contribution in [0.4, 0.5) is 5.69 Å². The summed E-state index contributed by atoms with van der Waals surface area (Å²) in [5, 5.41) is 3.67. The van der Waals surface area contributed by atoms with Gasteiger partial charge in [-0.25, -0.2) is 0 Å². The molecule has 0 aliphatic rings. The van der Waals surface area contributed by atoms with Crippen LogP contribution in [0.3, 0.4) is 0 Å². The van der Waals surface area contributed by atoms with Gasteiger partial charge in [-0.2, -0.15) is 0 Å². The van der Waals surface area contributed by atoms with Crippen molar-refractivity contribution in [2.24, 2.45) is 0 Å². The molecular weight excluding hydrogens is 394 g/mol. The predicted molar refractivity (Wildman–Crippen MR) is 116 cm³/mol. The van der Waals surface area contributed by atoms with Crippen molar-refractivity contribution in [3.63, 3.8) is 0 Å². The number of aromatic amines is 1. The fourth-order valence-electron chi connectivity index (χ4n) is 3.13. The van der Waals surface area contributed by atoms with Gasteiger partial charge in [0.05, 0.1) is 12.0 Å². The molecule has 0 radical (unpaired) electrons. The maximum absolute atomic E-state index is 12.4. The monoisotopic (exact) mass is 413 g/mol. The molecule has 0 bridgehead atoms. The summed E-state index contributed by atoms with van der Waals surface area (Å²) in [6.45, 7) is 0. The van der Waals surface area contributed by atoms with Gasteiger partial charge >= 0.3 is 0 Å². The van der Waals surface area contributed by atoms with Gasteiger partial charge in [0.15, 0.2) is 0 Å². The third-order valence-electron chi connectivity index (χ3n) is 4.65. The van der Waals surface area contributed by atoms with Crippen LogP contribution in [0.5, 0.6) is 0 Å². The Bertz CT molecular complexity index is 1250. The van der Waals surface area contributed by atoms with Crippen LogP contribution in [-0.2, 0) is 11.2 Å². The first kappa shape index (κ1) is 19.8. The minimum Gasteiger partial charge on any atom is -0.361 e. The number of aromatic nitrogens is 2. The third-order valence-corrected chi connectivity index (χ3v) is 4.65. The average molecular weight is 413 g/mol. The van der Waals surface area contributed by atoms with Crippen LogP contribution in [0.25, 0.3) is 10.9 Å². The van der Waals surface area contributed by atoms with E-state index in [4.69, 9.17) is 0 Å². The molecule has 4 N–H and O–H groups in total. The highest BCUT2D eigenvalue weighted by atomic mass is 16.2. The molecule has 0 fully saturated rings. The first-order valence-electron chi connectivity index (χ1n) is 9.56. The lowest BCUT2D eigenvalue weighted by Crippen LogP contribution is -2.42. The largest absolute Gasteiger partial charge is 0.361 e. The van der Waals surface area contributed by atoms with Gasteiger partial charge in [-0.3, -0.25) is 30.2 Å². The lowest BCUT2D eigenvalue weighted by Gasteiger charge is -2.09. The summed E-state index contributed by atoms with van der Waals surface area (Å²) in [6.07, 6.45) is 4.93. The van der Waals surface area contributed by atoms with Crippen LogP contribution < -0.4 is 16.2 Å². The molecule has 0 aliphatic heterocycles. The highest BCUT2D eigenvalue weighted by Crippen LogP contribution is 2.18. The number of rotatable bonds is 5. The van der Waals surface area contributed by atoms with Gasteiger partial charge in [-0.05, 0) is 42.0 Å². The molecule has 31 heavy (non-hydrogen) atoms. The Morgan fingerprint density at radius 1 is 0.871 bits per heavy atom. The van der Waals surface area contributed by atoms with Gasteiger partial charge in [-0.1, -0.05) is 24.3 Å². The molecule has 8 nitrogen and oxygen atoms in total. The zero-order chi connectivity index (χ0) is 21.6. The van der Waals surface area contributed by atoms with Crippen molar-refractivity contribution in [2.75, 3.05) is 5.32 Å². The molecule has 4 rings (SSSR count). The Balaban J connectivity index is 1.35. The minimum atomic E-state index is -0.496. The molecule has 4 aromatic rings. The van der Waals surface area contributed by atoms with E-state index in [9.17, 15) is 14.4 Å². The van der Waals surface area contributed by atoms with Crippen molar-refractivity contribution >= 4 is 34.3 Å². The van der Waals surface area contributed by atoms with Crippen LogP contribution in [-0.4, -0.2) is 27.7 Å². The van der Waals surface area contributed by atoms with E-state index in [0.717, 1.165) is 16.5 Å². The quantitative estimate of drug-likeness (QED) is 0.377. The first-order chi connectivity index (χ1) is 15.1. The summed E-state index contributed by atoms with van der Waals surface area (Å²) < 4.78 is 0. The van der Waals surface area contributed by atoms with E-state index in [0.29, 0.717) is 11.3 Å². The smallest absolute Gasteiger partial charge is 0.269 e. The maximum atomic E-state index is 12.4. The molecule has 3 amide bonds. The zero-order valence-corrected chi connectivity index (χ0v) is 16.4. The number of anilines is 1. The summed E-state index contributed by atoms with van der Waals surface area (Å²) in [7, 11) is 0. The van der Waals surface area contributed by atoms with E-state index in [1.54, 1.807) is 42.7 Å². The summed E-state index contributed by atoms with van der Waals surface area (Å²) in [5.74, 6) is -1.18. The molecule has 0 saturated carbocycles. The van der Waals surface area contributed by atoms with Crippen molar-refractivity contribution in [1.29, 1.82) is 0 Å². The van der Waals surface area contributed by atoms with Gasteiger partial charge in [0.1, 0.15) is 0 Å². The van der Waals surface area contributed by atoms with E-state index in [1.165, 1.54) is 12.3 Å². The second-order valence-corrected chi connectivity index (χ2v) is 6.82. The van der Waals surface area contributed by atoms with Crippen molar-refractivity contribution in [2.45, 2.75) is 6.42 Å². The molecule has 0 saturated heterocycles. The number of fused-ring (bicyclic) bond motifs is 1. The highest BCUT2D eigenvalue weighted by molar-refractivity contribution is 6.05. The number of nitrogens with zero attached hydrogens (tertiary/aromatic N) is 1. The van der Waals surface area contributed by atoms with Crippen LogP contribution in [0.1, 0.15) is 26.3 Å². The van der Waals surface area contributed by atoms with E-state index in [1.807, 2.05) is 24.3 Å². The number of hydrazine groups is 1. The molecule has 0 unspecified atom stereocenters. The van der Waals surface area contributed by atoms with Gasteiger partial charge in [0.2, 0.25) is 5.91 Å². The predicted octanol–water partition coefficient (Wildman–Crippen LogP) is 2.82. The molecule has 0 atom stereocenters. The fraction of sp³-hybridized carbons (Fsp3) is 0.0435. The van der Waals surface area contributed by atoms with Crippen molar-refractivity contribution in [1.82, 2.24) is 20.8 Å². The number of amides is 3. The molecular formula is C23H19N5O3. The van der Waals surface area contributed by atoms with Crippen molar-refractivity contribution in [3.05, 3.63) is 95.9 Å². The summed E-state index contributed by atoms with van der Waals surface area (Å²) in [4.78, 5) is 43.9. The number of carbonyl (C=O) groups is 3. The number of hydrogen-bond donors (Lipinski definition) is 4. The second-order valence-electron chi connectivity index (χ2n) is 6.82. The Morgan fingerprint density at radius 3 is 2.55 bits per heavy atom. The fourth-order valence-corrected chi connectivity index (χ4v) is 3.13. The lowest BCUT2D eigenvalue weighted by atomic mass is 10.1. The zero-order valence-electron chi connectivity index (χ0n) is 16.4. The Morgan fingerprint density at radius 2 is 1.71 bits per heavy atom. The lowest BCUT2D eigenvalue weighted by molar-refractivity contribution is -0.121. The molecule has 2 aromatic heterocycles. The average Bonchev–Trinajstić information content (AvgIpc) is 3.21. The number of pyridine rings is 1. The Labute approximate surface area is 177 Å². The summed E-state index contributed by atoms with van der Waals surface area (Å²) in [5.41, 5.74) is 7.75. The summed E-state index contributed by atoms with van der Waals surface area (Å²) >= 11 is 0. The first-order valence-corrected chi connectivity index (χ1v) is 9.56. The van der Waals surface area contributed by atoms with Crippen molar-refractivity contribution < 1.29 is 14.4 Å². The van der Waals surface area contributed by atoms with Crippen LogP contribution in [0, 0.1) is 0 Å². The number of carbonyl (C=O) groups excluding carboxylic acids is 3. The highest BCUT2D eigenvalue weighted by Gasteiger charge is 2.12. The number of nitrogens with one attached hydrogen (secondary N) is 4. The van der Waals surface area contributed by atoms with Crippen LogP contribution >= 0.6 is 0 Å². The third kappa shape index (κ3) is 4.76. The normalized spacial score (nSPS) is 10.5. The standard InChI is InChI=1S/C23H19N5O3/c29-21(12-17-14-25-20-9-2-1-8-19(17)20)27-28-23(31)15-5-3-7-18(11-15)26-22(30)16-6-4-10-24-13-16/h1-11,13-14,25H,12H2,(H,26,30)(H,27,29)(H,28,31). The number of H-pyrrole nitrogens is 1. The van der Waals surface area contributed by atoms with E-state index < -0.39 is 5.91 Å². The van der Waals surface area contributed by atoms with E-state index in [-0.39, 0.29) is 23.8 Å². The number of hydrogen-bond acceptors (Lipinski definition) is 4. The van der Waals surface area contributed by atoms with Gasteiger partial charge in [0, 0.05) is 40.7 Å². The molecule has 0 aliphatic carbocycles. The number of benzene rings is 2. The minimum absolute atomic E-state index is 0.117. The number of para-hydroxylation sites is 1. The van der Waals surface area contributed by atoms with E-state index in [2.05, 4.69) is 26.1 Å².